The van der Waals surface area contributed by atoms with Gasteiger partial charge in [-0.3, -0.25) is 9.59 Å². The molecule has 3 aliphatic carbocycles. The summed E-state index contributed by atoms with van der Waals surface area (Å²) in [6.07, 6.45) is 3.11. The molecule has 1 unspecified atom stereocenters. The lowest BCUT2D eigenvalue weighted by molar-refractivity contribution is -0.270. The first-order chi connectivity index (χ1) is 12.8. The van der Waals surface area contributed by atoms with Gasteiger partial charge in [-0.05, 0) is 37.5 Å². The van der Waals surface area contributed by atoms with Gasteiger partial charge >= 0.3 is 11.9 Å². The van der Waals surface area contributed by atoms with Crippen molar-refractivity contribution < 1.29 is 27.5 Å². The monoisotopic (exact) mass is 391 g/mol. The van der Waals surface area contributed by atoms with Gasteiger partial charge in [-0.15, -0.1) is 0 Å². The summed E-state index contributed by atoms with van der Waals surface area (Å²) in [5.41, 5.74) is 0.605. The summed E-state index contributed by atoms with van der Waals surface area (Å²) in [4.78, 5) is 25.4. The minimum atomic E-state index is -4.17. The van der Waals surface area contributed by atoms with E-state index in [1.54, 1.807) is 30.3 Å². The number of hydrogen-bond acceptors (Lipinski definition) is 6. The number of sulfonamides is 1. The summed E-state index contributed by atoms with van der Waals surface area (Å²) in [7, 11) is -2.94. The fraction of sp³-hybridized carbons (Fsp3) is 0.474. The van der Waals surface area contributed by atoms with Crippen molar-refractivity contribution in [3.8, 4) is 0 Å². The lowest BCUT2D eigenvalue weighted by atomic mass is 9.71. The molecule has 1 atom stereocenters. The van der Waals surface area contributed by atoms with Gasteiger partial charge in [0.15, 0.2) is 0 Å². The summed E-state index contributed by atoms with van der Waals surface area (Å²) >= 11 is 0. The normalized spacial score (nSPS) is 28.1. The van der Waals surface area contributed by atoms with Crippen LogP contribution in [0.5, 0.6) is 0 Å². The van der Waals surface area contributed by atoms with Crippen molar-refractivity contribution in [3.63, 3.8) is 0 Å². The molecule has 1 aliphatic heterocycles. The largest absolute Gasteiger partial charge is 0.408 e. The highest BCUT2D eigenvalue weighted by Crippen LogP contribution is 2.54. The van der Waals surface area contributed by atoms with Gasteiger partial charge < -0.3 is 9.47 Å². The van der Waals surface area contributed by atoms with Crippen molar-refractivity contribution in [1.29, 1.82) is 0 Å². The maximum absolute atomic E-state index is 13.5. The van der Waals surface area contributed by atoms with E-state index in [2.05, 4.69) is 0 Å². The third-order valence-corrected chi connectivity index (χ3v) is 7.67. The van der Waals surface area contributed by atoms with E-state index in [1.807, 2.05) is 0 Å². The molecule has 1 aromatic rings. The van der Waals surface area contributed by atoms with E-state index >= 15 is 0 Å². The van der Waals surface area contributed by atoms with Crippen molar-refractivity contribution in [3.05, 3.63) is 46.4 Å². The number of carbonyl (C=O) groups excluding carboxylic acids is 2. The van der Waals surface area contributed by atoms with E-state index in [-0.39, 0.29) is 22.3 Å². The smallest absolute Gasteiger partial charge is 0.341 e. The predicted molar refractivity (Wildman–Crippen MR) is 95.1 cm³/mol. The summed E-state index contributed by atoms with van der Waals surface area (Å²) < 4.78 is 38.4. The van der Waals surface area contributed by atoms with Crippen molar-refractivity contribution in [2.24, 2.45) is 11.8 Å². The fourth-order valence-electron chi connectivity index (χ4n) is 4.61. The molecule has 1 aromatic carbocycles. The third-order valence-electron chi connectivity index (χ3n) is 5.67. The molecule has 1 amide bonds. The first kappa shape index (κ1) is 18.2. The Kier molecular flexibility index (Phi) is 4.16. The fourth-order valence-corrected chi connectivity index (χ4v) is 6.84. The lowest BCUT2D eigenvalue weighted by Gasteiger charge is -2.38. The quantitative estimate of drug-likeness (QED) is 0.578. The second kappa shape index (κ2) is 6.17. The van der Waals surface area contributed by atoms with Gasteiger partial charge in [0.2, 0.25) is 0 Å². The lowest BCUT2D eigenvalue weighted by Crippen LogP contribution is -2.54. The molecular weight excluding hydrogens is 370 g/mol. The maximum atomic E-state index is 13.5. The second-order valence-corrected chi connectivity index (χ2v) is 8.90. The molecule has 144 valence electrons. The summed E-state index contributed by atoms with van der Waals surface area (Å²) in [5.74, 6) is -3.80. The number of benzene rings is 1. The van der Waals surface area contributed by atoms with Gasteiger partial charge in [0.25, 0.3) is 15.9 Å². The molecule has 0 aromatic heterocycles. The molecule has 1 fully saturated rings. The molecule has 1 heterocycles. The minimum Gasteiger partial charge on any atom is -0.408 e. The molecule has 1 saturated carbocycles. The Labute approximate surface area is 158 Å². The number of allylic oxidation sites excluding steroid dienone is 1. The van der Waals surface area contributed by atoms with Crippen LogP contribution in [-0.4, -0.2) is 31.7 Å². The van der Waals surface area contributed by atoms with Crippen LogP contribution in [0.15, 0.2) is 40.8 Å². The first-order valence-corrected chi connectivity index (χ1v) is 10.4. The van der Waals surface area contributed by atoms with Gasteiger partial charge in [-0.2, -0.15) is 4.31 Å². The summed E-state index contributed by atoms with van der Waals surface area (Å²) in [5, 5.41) is 0. The molecule has 7 nitrogen and oxygen atoms in total. The van der Waals surface area contributed by atoms with E-state index in [9.17, 15) is 18.0 Å². The van der Waals surface area contributed by atoms with Crippen molar-refractivity contribution >= 4 is 21.9 Å². The van der Waals surface area contributed by atoms with Gasteiger partial charge in [-0.1, -0.05) is 30.3 Å². The van der Waals surface area contributed by atoms with Gasteiger partial charge in [0.1, 0.15) is 0 Å². The van der Waals surface area contributed by atoms with Crippen LogP contribution < -0.4 is 0 Å². The van der Waals surface area contributed by atoms with Crippen molar-refractivity contribution in [2.75, 3.05) is 7.11 Å². The molecule has 0 N–H and O–H groups in total. The average molecular weight is 391 g/mol. The Hall–Kier alpha value is -2.19. The standard InChI is InChI=1S/C19H21NO6S/c1-12(21)26-19(25-2,15-6-4-3-5-7-15)20-18(22)16-13-8-10-14(11-9-13)17(16)27(20,23)24/h3-7,13-14H,8-11H2,1-2H3. The van der Waals surface area contributed by atoms with Crippen molar-refractivity contribution in [1.82, 2.24) is 4.31 Å². The molecule has 0 saturated heterocycles. The van der Waals surface area contributed by atoms with Gasteiger partial charge in [0, 0.05) is 25.2 Å². The number of amides is 1. The van der Waals surface area contributed by atoms with Gasteiger partial charge in [0.05, 0.1) is 4.91 Å². The summed E-state index contributed by atoms with van der Waals surface area (Å²) in [6.45, 7) is 1.15. The van der Waals surface area contributed by atoms with Crippen molar-refractivity contribution in [2.45, 2.75) is 38.5 Å². The molecule has 0 radical (unpaired) electrons. The molecule has 5 rings (SSSR count). The van der Waals surface area contributed by atoms with Crippen LogP contribution in [0.2, 0.25) is 0 Å². The first-order valence-electron chi connectivity index (χ1n) is 8.97. The molecule has 4 aliphatic rings. The number of fused-ring (bicyclic) bond motifs is 2. The number of methoxy groups -OCH3 is 1. The predicted octanol–water partition coefficient (Wildman–Crippen LogP) is 2.25. The van der Waals surface area contributed by atoms with Crippen LogP contribution in [-0.2, 0) is 35.0 Å². The molecule has 0 spiro atoms. The van der Waals surface area contributed by atoms with Crippen LogP contribution in [0, 0.1) is 11.8 Å². The number of ether oxygens (including phenoxy) is 2. The zero-order valence-corrected chi connectivity index (χ0v) is 16.0. The molecule has 2 bridgehead atoms. The van der Waals surface area contributed by atoms with Crippen LogP contribution in [0.25, 0.3) is 0 Å². The van der Waals surface area contributed by atoms with E-state index in [0.717, 1.165) is 32.6 Å². The highest BCUT2D eigenvalue weighted by Gasteiger charge is 2.62. The number of hydrogen-bond donors (Lipinski definition) is 0. The number of carbonyl (C=O) groups is 2. The Bertz CT molecular complexity index is 930. The summed E-state index contributed by atoms with van der Waals surface area (Å²) in [6, 6.07) is 8.21. The number of nitrogens with zero attached hydrogens (tertiary/aromatic N) is 1. The van der Waals surface area contributed by atoms with E-state index in [4.69, 9.17) is 9.47 Å². The van der Waals surface area contributed by atoms with Crippen LogP contribution >= 0.6 is 0 Å². The number of esters is 1. The van der Waals surface area contributed by atoms with E-state index in [0.29, 0.717) is 9.88 Å². The van der Waals surface area contributed by atoms with Crippen LogP contribution in [0.3, 0.4) is 0 Å². The Balaban J connectivity index is 1.92. The van der Waals surface area contributed by atoms with Gasteiger partial charge in [-0.25, -0.2) is 8.42 Å². The van der Waals surface area contributed by atoms with Crippen LogP contribution in [0.1, 0.15) is 38.2 Å². The second-order valence-electron chi connectivity index (χ2n) is 7.15. The van der Waals surface area contributed by atoms with Crippen LogP contribution in [0.4, 0.5) is 0 Å². The Morgan fingerprint density at radius 3 is 2.22 bits per heavy atom. The minimum absolute atomic E-state index is 0.0695. The van der Waals surface area contributed by atoms with E-state index < -0.39 is 27.8 Å². The zero-order valence-electron chi connectivity index (χ0n) is 15.2. The Morgan fingerprint density at radius 1 is 1.11 bits per heavy atom. The maximum Gasteiger partial charge on any atom is 0.341 e. The highest BCUT2D eigenvalue weighted by atomic mass is 32.2. The highest BCUT2D eigenvalue weighted by molar-refractivity contribution is 7.94. The Morgan fingerprint density at radius 2 is 1.70 bits per heavy atom. The topological polar surface area (TPSA) is 90.0 Å². The molecule has 8 heteroatoms. The third kappa shape index (κ3) is 2.46. The zero-order chi connectivity index (χ0) is 19.4. The number of rotatable bonds is 4. The molecular formula is C19H21NO6S. The molecule has 27 heavy (non-hydrogen) atoms. The van der Waals surface area contributed by atoms with E-state index in [1.165, 1.54) is 7.11 Å². The SMILES string of the molecule is COC(OC(C)=O)(c1ccccc1)N1C(=O)C2=C(C3CCC2CC3)S1(=O)=O. The average Bonchev–Trinajstić information content (AvgIpc) is 2.90.